The lowest BCUT2D eigenvalue weighted by Gasteiger charge is -2.06. The van der Waals surface area contributed by atoms with Crippen molar-refractivity contribution < 1.29 is 19.1 Å². The van der Waals surface area contributed by atoms with Gasteiger partial charge in [0, 0.05) is 12.2 Å². The van der Waals surface area contributed by atoms with Crippen molar-refractivity contribution in [3.8, 4) is 0 Å². The maximum atomic E-state index is 11.5. The first kappa shape index (κ1) is 17.5. The quantitative estimate of drug-likeness (QED) is 0.595. The van der Waals surface area contributed by atoms with Crippen molar-refractivity contribution in [1.82, 2.24) is 0 Å². The fraction of sp³-hybridized carbons (Fsp3) is 0.200. The van der Waals surface area contributed by atoms with E-state index in [1.807, 2.05) is 36.4 Å². The van der Waals surface area contributed by atoms with Crippen LogP contribution in [0.4, 0.5) is 0 Å². The van der Waals surface area contributed by atoms with Gasteiger partial charge in [0.05, 0.1) is 13.2 Å². The van der Waals surface area contributed by atoms with Crippen molar-refractivity contribution in [2.24, 2.45) is 0 Å². The summed E-state index contributed by atoms with van der Waals surface area (Å²) in [4.78, 5) is 23.0. The Balaban J connectivity index is 2.36. The second-order valence-corrected chi connectivity index (χ2v) is 4.96. The Hall–Kier alpha value is -2.88. The molecule has 0 radical (unpaired) electrons. The van der Waals surface area contributed by atoms with Crippen LogP contribution in [0.25, 0.3) is 22.9 Å². The van der Waals surface area contributed by atoms with Gasteiger partial charge in [-0.25, -0.2) is 9.59 Å². The van der Waals surface area contributed by atoms with Gasteiger partial charge < -0.3 is 9.47 Å². The van der Waals surface area contributed by atoms with Gasteiger partial charge in [-0.3, -0.25) is 0 Å². The van der Waals surface area contributed by atoms with Crippen molar-refractivity contribution in [3.63, 3.8) is 0 Å². The van der Waals surface area contributed by atoms with E-state index in [9.17, 15) is 9.59 Å². The average Bonchev–Trinajstić information content (AvgIpc) is 2.59. The smallest absolute Gasteiger partial charge is 0.330 e. The van der Waals surface area contributed by atoms with Gasteiger partial charge in [0.15, 0.2) is 0 Å². The van der Waals surface area contributed by atoms with E-state index in [0.717, 1.165) is 21.9 Å². The summed E-state index contributed by atoms with van der Waals surface area (Å²) in [7, 11) is 0. The van der Waals surface area contributed by atoms with Crippen LogP contribution < -0.4 is 0 Å². The van der Waals surface area contributed by atoms with Crippen LogP contribution in [0, 0.1) is 0 Å². The number of hydrogen-bond acceptors (Lipinski definition) is 4. The largest absolute Gasteiger partial charge is 0.463 e. The van der Waals surface area contributed by atoms with Gasteiger partial charge >= 0.3 is 11.9 Å². The fourth-order valence-electron chi connectivity index (χ4n) is 2.33. The maximum absolute atomic E-state index is 11.5. The van der Waals surface area contributed by atoms with Gasteiger partial charge in [-0.15, -0.1) is 0 Å². The molecule has 0 saturated carbocycles. The molecule has 0 aliphatic heterocycles. The molecule has 0 aliphatic rings. The van der Waals surface area contributed by atoms with Crippen LogP contribution in [-0.4, -0.2) is 25.2 Å². The molecule has 0 bridgehead atoms. The summed E-state index contributed by atoms with van der Waals surface area (Å²) in [5.41, 5.74) is 1.82. The topological polar surface area (TPSA) is 52.6 Å². The predicted molar refractivity (Wildman–Crippen MR) is 95.3 cm³/mol. The summed E-state index contributed by atoms with van der Waals surface area (Å²) in [6.45, 7) is 4.24. The molecule has 4 nitrogen and oxygen atoms in total. The summed E-state index contributed by atoms with van der Waals surface area (Å²) in [5.74, 6) is -0.735. The highest BCUT2D eigenvalue weighted by molar-refractivity contribution is 6.00. The lowest BCUT2D eigenvalue weighted by Crippen LogP contribution is -1.99. The summed E-state index contributed by atoms with van der Waals surface area (Å²) in [6, 6.07) is 11.6. The molecule has 0 aromatic heterocycles. The number of benzene rings is 2. The summed E-state index contributed by atoms with van der Waals surface area (Å²) < 4.78 is 9.80. The zero-order valence-electron chi connectivity index (χ0n) is 13.8. The molecule has 0 saturated heterocycles. The molecule has 0 atom stereocenters. The Morgan fingerprint density at radius 2 is 1.21 bits per heavy atom. The van der Waals surface area contributed by atoms with E-state index in [-0.39, 0.29) is 11.9 Å². The summed E-state index contributed by atoms with van der Waals surface area (Å²) >= 11 is 0. The Kier molecular flexibility index (Phi) is 6.32. The third-order valence-electron chi connectivity index (χ3n) is 3.36. The molecule has 0 aliphatic carbocycles. The number of esters is 2. The molecule has 24 heavy (non-hydrogen) atoms. The zero-order valence-corrected chi connectivity index (χ0v) is 13.8. The first-order chi connectivity index (χ1) is 11.7. The van der Waals surface area contributed by atoms with Crippen molar-refractivity contribution in [3.05, 3.63) is 59.7 Å². The number of fused-ring (bicyclic) bond motifs is 1. The number of carbonyl (C=O) groups is 2. The van der Waals surface area contributed by atoms with Crippen LogP contribution in [0.15, 0.2) is 48.6 Å². The minimum Gasteiger partial charge on any atom is -0.463 e. The molecule has 2 aromatic rings. The molecular weight excluding hydrogens is 304 g/mol. The predicted octanol–water partition coefficient (Wildman–Crippen LogP) is 3.99. The highest BCUT2D eigenvalue weighted by Crippen LogP contribution is 2.25. The lowest BCUT2D eigenvalue weighted by atomic mass is 9.99. The van der Waals surface area contributed by atoms with Crippen LogP contribution >= 0.6 is 0 Å². The highest BCUT2D eigenvalue weighted by Gasteiger charge is 2.04. The van der Waals surface area contributed by atoms with Crippen LogP contribution in [-0.2, 0) is 19.1 Å². The highest BCUT2D eigenvalue weighted by atomic mass is 16.5. The molecule has 0 N–H and O–H groups in total. The summed E-state index contributed by atoms with van der Waals surface area (Å²) in [5, 5.41) is 1.98. The third kappa shape index (κ3) is 4.56. The Bertz CT molecular complexity index is 721. The van der Waals surface area contributed by atoms with Crippen molar-refractivity contribution in [2.75, 3.05) is 13.2 Å². The van der Waals surface area contributed by atoms with Gasteiger partial charge in [0.1, 0.15) is 0 Å². The SMILES string of the molecule is CCOC(=O)/C=C/c1ccc(/C=C/C(=O)OCC)c2ccccc12. The van der Waals surface area contributed by atoms with Crippen molar-refractivity contribution >= 4 is 34.9 Å². The zero-order chi connectivity index (χ0) is 17.4. The molecule has 0 spiro atoms. The van der Waals surface area contributed by atoms with E-state index in [1.165, 1.54) is 12.2 Å². The number of ether oxygens (including phenoxy) is 2. The molecule has 0 amide bonds. The van der Waals surface area contributed by atoms with E-state index in [1.54, 1.807) is 26.0 Å². The lowest BCUT2D eigenvalue weighted by molar-refractivity contribution is -0.138. The molecule has 0 heterocycles. The van der Waals surface area contributed by atoms with E-state index in [2.05, 4.69) is 0 Å². The van der Waals surface area contributed by atoms with Crippen LogP contribution in [0.2, 0.25) is 0 Å². The van der Waals surface area contributed by atoms with Crippen molar-refractivity contribution in [2.45, 2.75) is 13.8 Å². The van der Waals surface area contributed by atoms with Gasteiger partial charge in [0.2, 0.25) is 0 Å². The first-order valence-electron chi connectivity index (χ1n) is 7.87. The van der Waals surface area contributed by atoms with E-state index in [4.69, 9.17) is 9.47 Å². The monoisotopic (exact) mass is 324 g/mol. The molecule has 2 aromatic carbocycles. The summed E-state index contributed by atoms with van der Waals surface area (Å²) in [6.07, 6.45) is 6.30. The normalized spacial score (nSPS) is 11.2. The second kappa shape index (κ2) is 8.67. The molecule has 124 valence electrons. The van der Waals surface area contributed by atoms with Crippen LogP contribution in [0.3, 0.4) is 0 Å². The molecule has 0 unspecified atom stereocenters. The van der Waals surface area contributed by atoms with Gasteiger partial charge in [-0.2, -0.15) is 0 Å². The molecule has 2 rings (SSSR count). The van der Waals surface area contributed by atoms with E-state index < -0.39 is 0 Å². The number of carbonyl (C=O) groups excluding carboxylic acids is 2. The minimum atomic E-state index is -0.368. The van der Waals surface area contributed by atoms with Crippen molar-refractivity contribution in [1.29, 1.82) is 0 Å². The Morgan fingerprint density at radius 1 is 0.792 bits per heavy atom. The molecule has 0 fully saturated rings. The van der Waals surface area contributed by atoms with Crippen LogP contribution in [0.5, 0.6) is 0 Å². The third-order valence-corrected chi connectivity index (χ3v) is 3.36. The first-order valence-corrected chi connectivity index (χ1v) is 7.87. The molecular formula is C20H20O4. The Labute approximate surface area is 141 Å². The maximum Gasteiger partial charge on any atom is 0.330 e. The van der Waals surface area contributed by atoms with E-state index >= 15 is 0 Å². The standard InChI is InChI=1S/C20H20O4/c1-3-23-19(21)13-11-15-9-10-16(12-14-20(22)24-4-2)18-8-6-5-7-17(15)18/h5-14H,3-4H2,1-2H3/b13-11+,14-12+. The van der Waals surface area contributed by atoms with Gasteiger partial charge in [0.25, 0.3) is 0 Å². The minimum absolute atomic E-state index is 0.349. The average molecular weight is 324 g/mol. The number of hydrogen-bond donors (Lipinski definition) is 0. The van der Waals surface area contributed by atoms with Gasteiger partial charge in [-0.1, -0.05) is 36.4 Å². The Morgan fingerprint density at radius 3 is 1.58 bits per heavy atom. The van der Waals surface area contributed by atoms with Crippen LogP contribution in [0.1, 0.15) is 25.0 Å². The fourth-order valence-corrected chi connectivity index (χ4v) is 2.33. The number of rotatable bonds is 6. The van der Waals surface area contributed by atoms with E-state index in [0.29, 0.717) is 13.2 Å². The van der Waals surface area contributed by atoms with Gasteiger partial charge in [-0.05, 0) is 47.9 Å². The molecule has 4 heteroatoms. The second-order valence-electron chi connectivity index (χ2n) is 4.96.